The molecule has 0 bridgehead atoms. The third kappa shape index (κ3) is 2.91. The smallest absolute Gasteiger partial charge is 0.131 e. The molecule has 0 radical (unpaired) electrons. The van der Waals surface area contributed by atoms with E-state index in [4.69, 9.17) is 0 Å². The molecule has 20 heavy (non-hydrogen) atoms. The predicted octanol–water partition coefficient (Wildman–Crippen LogP) is 5.13. The van der Waals surface area contributed by atoms with E-state index in [0.29, 0.717) is 4.83 Å². The molecule has 0 N–H and O–H groups in total. The molecular formula is C16H15BrN2S. The summed E-state index contributed by atoms with van der Waals surface area (Å²) in [5.41, 5.74) is 1.29. The number of fused-ring (bicyclic) bond motifs is 1. The molecule has 2 aromatic carbocycles. The lowest BCUT2D eigenvalue weighted by molar-refractivity contribution is 0.862. The van der Waals surface area contributed by atoms with E-state index in [9.17, 15) is 0 Å². The summed E-state index contributed by atoms with van der Waals surface area (Å²) in [6, 6.07) is 15.0. The van der Waals surface area contributed by atoms with Crippen LogP contribution in [0.5, 0.6) is 0 Å². The van der Waals surface area contributed by atoms with Crippen molar-refractivity contribution >= 4 is 38.0 Å². The third-order valence-electron chi connectivity index (χ3n) is 3.28. The van der Waals surface area contributed by atoms with E-state index >= 15 is 0 Å². The van der Waals surface area contributed by atoms with Gasteiger partial charge in [-0.3, -0.25) is 0 Å². The summed E-state index contributed by atoms with van der Waals surface area (Å²) in [7, 11) is 0. The Hall–Kier alpha value is -1.26. The second kappa shape index (κ2) is 6.02. The van der Waals surface area contributed by atoms with Gasteiger partial charge in [-0.2, -0.15) is 0 Å². The maximum atomic E-state index is 4.30. The fraction of sp³-hybridized carbons (Fsp3) is 0.250. The lowest BCUT2D eigenvalue weighted by Crippen LogP contribution is -1.87. The molecule has 0 amide bonds. The van der Waals surface area contributed by atoms with Crippen molar-refractivity contribution in [3.63, 3.8) is 0 Å². The Morgan fingerprint density at radius 3 is 2.70 bits per heavy atom. The normalized spacial score (nSPS) is 12.7. The van der Waals surface area contributed by atoms with Gasteiger partial charge in [0.2, 0.25) is 0 Å². The summed E-state index contributed by atoms with van der Waals surface area (Å²) in [4.78, 5) is 0.324. The molecule has 3 aromatic rings. The molecule has 0 saturated carbocycles. The van der Waals surface area contributed by atoms with Gasteiger partial charge in [-0.15, -0.1) is 10.2 Å². The number of aromatic nitrogens is 2. The zero-order valence-corrected chi connectivity index (χ0v) is 13.6. The number of hydrogen-bond donors (Lipinski definition) is 0. The minimum Gasteiger partial charge on any atom is -0.143 e. The molecule has 4 heteroatoms. The molecule has 2 nitrogen and oxygen atoms in total. The average Bonchev–Trinajstić information content (AvgIpc) is 2.95. The van der Waals surface area contributed by atoms with Gasteiger partial charge >= 0.3 is 0 Å². The molecule has 0 fully saturated rings. The second-order valence-corrected chi connectivity index (χ2v) is 6.97. The van der Waals surface area contributed by atoms with Crippen molar-refractivity contribution in [1.82, 2.24) is 10.2 Å². The number of halogens is 1. The molecule has 102 valence electrons. The predicted molar refractivity (Wildman–Crippen MR) is 88.6 cm³/mol. The molecule has 3 rings (SSSR count). The van der Waals surface area contributed by atoms with Crippen molar-refractivity contribution in [1.29, 1.82) is 0 Å². The van der Waals surface area contributed by atoms with Gasteiger partial charge in [0.25, 0.3) is 0 Å². The Bertz CT molecular complexity index is 723. The van der Waals surface area contributed by atoms with Crippen molar-refractivity contribution in [2.45, 2.75) is 24.6 Å². The highest BCUT2D eigenvalue weighted by Crippen LogP contribution is 2.29. The molecule has 0 saturated heterocycles. The van der Waals surface area contributed by atoms with E-state index < -0.39 is 0 Å². The van der Waals surface area contributed by atoms with Gasteiger partial charge < -0.3 is 0 Å². The van der Waals surface area contributed by atoms with Gasteiger partial charge in [-0.1, -0.05) is 76.7 Å². The van der Waals surface area contributed by atoms with Gasteiger partial charge in [-0.25, -0.2) is 0 Å². The van der Waals surface area contributed by atoms with Crippen LogP contribution < -0.4 is 0 Å². The SMILES string of the molecule is CCC(Br)c1nnc(Cc2ccc3ccccc3c2)s1. The van der Waals surface area contributed by atoms with Gasteiger partial charge in [0, 0.05) is 6.42 Å². The van der Waals surface area contributed by atoms with E-state index in [1.54, 1.807) is 11.3 Å². The number of nitrogens with zero attached hydrogens (tertiary/aromatic N) is 2. The maximum Gasteiger partial charge on any atom is 0.131 e. The van der Waals surface area contributed by atoms with Crippen LogP contribution in [0.2, 0.25) is 0 Å². The lowest BCUT2D eigenvalue weighted by Gasteiger charge is -2.01. The van der Waals surface area contributed by atoms with Crippen LogP contribution in [-0.4, -0.2) is 10.2 Å². The summed E-state index contributed by atoms with van der Waals surface area (Å²) < 4.78 is 0. The number of rotatable bonds is 4. The number of alkyl halides is 1. The van der Waals surface area contributed by atoms with Crippen LogP contribution in [-0.2, 0) is 6.42 Å². The summed E-state index contributed by atoms with van der Waals surface area (Å²) in [5.74, 6) is 0. The Balaban J connectivity index is 1.83. The van der Waals surface area contributed by atoms with Crippen molar-refractivity contribution in [3.05, 3.63) is 58.0 Å². The molecule has 0 aliphatic rings. The third-order valence-corrected chi connectivity index (χ3v) is 5.70. The van der Waals surface area contributed by atoms with Crippen molar-refractivity contribution < 1.29 is 0 Å². The topological polar surface area (TPSA) is 25.8 Å². The molecule has 1 aromatic heterocycles. The van der Waals surface area contributed by atoms with Crippen LogP contribution in [0.25, 0.3) is 10.8 Å². The summed E-state index contributed by atoms with van der Waals surface area (Å²) >= 11 is 5.32. The molecule has 0 aliphatic carbocycles. The fourth-order valence-corrected chi connectivity index (χ4v) is 3.47. The van der Waals surface area contributed by atoms with Crippen LogP contribution >= 0.6 is 27.3 Å². The lowest BCUT2D eigenvalue weighted by atomic mass is 10.1. The minimum atomic E-state index is 0.324. The monoisotopic (exact) mass is 346 g/mol. The summed E-state index contributed by atoms with van der Waals surface area (Å²) in [6.45, 7) is 2.14. The van der Waals surface area contributed by atoms with E-state index in [1.165, 1.54) is 16.3 Å². The standard InChI is InChI=1S/C16H15BrN2S/c1-2-14(17)16-19-18-15(20-16)10-11-7-8-12-5-3-4-6-13(12)9-11/h3-9,14H,2,10H2,1H3. The van der Waals surface area contributed by atoms with Crippen LogP contribution in [0.1, 0.15) is 33.8 Å². The van der Waals surface area contributed by atoms with Crippen LogP contribution in [0.15, 0.2) is 42.5 Å². The second-order valence-electron chi connectivity index (χ2n) is 4.77. The van der Waals surface area contributed by atoms with Crippen LogP contribution in [0.4, 0.5) is 0 Å². The molecule has 0 aliphatic heterocycles. The fourth-order valence-electron chi connectivity index (χ4n) is 2.16. The van der Waals surface area contributed by atoms with E-state index in [0.717, 1.165) is 22.9 Å². The van der Waals surface area contributed by atoms with E-state index in [2.05, 4.69) is 75.5 Å². The Morgan fingerprint density at radius 2 is 1.90 bits per heavy atom. The molecular weight excluding hydrogens is 332 g/mol. The van der Waals surface area contributed by atoms with Crippen molar-refractivity contribution in [2.75, 3.05) is 0 Å². The van der Waals surface area contributed by atoms with Crippen molar-refractivity contribution in [3.8, 4) is 0 Å². The average molecular weight is 347 g/mol. The van der Waals surface area contributed by atoms with E-state index in [-0.39, 0.29) is 0 Å². The Kier molecular flexibility index (Phi) is 4.13. The number of hydrogen-bond acceptors (Lipinski definition) is 3. The quantitative estimate of drug-likeness (QED) is 0.612. The largest absolute Gasteiger partial charge is 0.143 e. The van der Waals surface area contributed by atoms with Crippen molar-refractivity contribution in [2.24, 2.45) is 0 Å². The first-order valence-corrected chi connectivity index (χ1v) is 8.43. The Labute approximate surface area is 131 Å². The van der Waals surface area contributed by atoms with Gasteiger partial charge in [-0.05, 0) is 22.8 Å². The molecule has 1 heterocycles. The first kappa shape index (κ1) is 13.7. The molecule has 0 spiro atoms. The maximum absolute atomic E-state index is 4.30. The first-order chi connectivity index (χ1) is 9.76. The minimum absolute atomic E-state index is 0.324. The summed E-state index contributed by atoms with van der Waals surface area (Å²) in [5, 5.41) is 13.3. The molecule has 1 atom stereocenters. The zero-order valence-electron chi connectivity index (χ0n) is 11.2. The number of benzene rings is 2. The summed E-state index contributed by atoms with van der Waals surface area (Å²) in [6.07, 6.45) is 1.89. The zero-order chi connectivity index (χ0) is 13.9. The van der Waals surface area contributed by atoms with Gasteiger partial charge in [0.05, 0.1) is 4.83 Å². The highest BCUT2D eigenvalue weighted by molar-refractivity contribution is 9.09. The highest BCUT2D eigenvalue weighted by Gasteiger charge is 2.12. The first-order valence-electron chi connectivity index (χ1n) is 6.70. The highest BCUT2D eigenvalue weighted by atomic mass is 79.9. The van der Waals surface area contributed by atoms with Gasteiger partial charge in [0.15, 0.2) is 0 Å². The Morgan fingerprint density at radius 1 is 1.10 bits per heavy atom. The van der Waals surface area contributed by atoms with Gasteiger partial charge in [0.1, 0.15) is 10.0 Å². The molecule has 1 unspecified atom stereocenters. The van der Waals surface area contributed by atoms with Crippen LogP contribution in [0.3, 0.4) is 0 Å². The van der Waals surface area contributed by atoms with Crippen LogP contribution in [0, 0.1) is 0 Å². The van der Waals surface area contributed by atoms with E-state index in [1.807, 2.05) is 0 Å².